The molecule has 3 rings (SSSR count). The lowest BCUT2D eigenvalue weighted by molar-refractivity contribution is 0.368. The molecule has 0 fully saturated rings. The standard InChI is InChI=1S/C24H31N5O3.HI/c1-5-18(6-2)22-13-21(32-29-22)16-28-24(25-3)27-15-17-7-12-23(26-14-17)31-20-10-8-19(30-4)9-11-20;/h7-14,18H,5-6,15-16H2,1-4H3,(H2,25,27,28);1H. The maximum Gasteiger partial charge on any atom is 0.219 e. The van der Waals surface area contributed by atoms with Crippen molar-refractivity contribution in [2.24, 2.45) is 4.99 Å². The molecule has 0 unspecified atom stereocenters. The molecule has 0 saturated carbocycles. The number of nitrogens with one attached hydrogen (secondary N) is 2. The van der Waals surface area contributed by atoms with Crippen molar-refractivity contribution in [1.29, 1.82) is 0 Å². The number of aromatic nitrogens is 2. The van der Waals surface area contributed by atoms with Crippen molar-refractivity contribution in [3.05, 3.63) is 65.7 Å². The maximum atomic E-state index is 5.76. The zero-order chi connectivity index (χ0) is 22.8. The van der Waals surface area contributed by atoms with E-state index in [0.29, 0.717) is 36.6 Å². The largest absolute Gasteiger partial charge is 0.497 e. The number of pyridine rings is 1. The summed E-state index contributed by atoms with van der Waals surface area (Å²) in [5.74, 6) is 3.91. The first kappa shape index (κ1) is 26.4. The highest BCUT2D eigenvalue weighted by atomic mass is 127. The monoisotopic (exact) mass is 565 g/mol. The summed E-state index contributed by atoms with van der Waals surface area (Å²) >= 11 is 0. The molecular weight excluding hydrogens is 533 g/mol. The van der Waals surface area contributed by atoms with Gasteiger partial charge in [0.05, 0.1) is 19.3 Å². The molecule has 0 amide bonds. The Balaban J connectivity index is 0.00000385. The van der Waals surface area contributed by atoms with Gasteiger partial charge in [-0.1, -0.05) is 25.1 Å². The zero-order valence-electron chi connectivity index (χ0n) is 19.5. The highest BCUT2D eigenvalue weighted by Gasteiger charge is 2.13. The molecule has 9 heteroatoms. The average molecular weight is 565 g/mol. The number of ether oxygens (including phenoxy) is 2. The maximum absolute atomic E-state index is 5.76. The average Bonchev–Trinajstić information content (AvgIpc) is 3.30. The first-order valence-electron chi connectivity index (χ1n) is 10.8. The second-order valence-electron chi connectivity index (χ2n) is 7.29. The number of rotatable bonds is 10. The van der Waals surface area contributed by atoms with Gasteiger partial charge in [-0.2, -0.15) is 0 Å². The van der Waals surface area contributed by atoms with Gasteiger partial charge in [-0.05, 0) is 42.7 Å². The third-order valence-corrected chi connectivity index (χ3v) is 5.17. The van der Waals surface area contributed by atoms with E-state index in [9.17, 15) is 0 Å². The van der Waals surface area contributed by atoms with Crippen molar-refractivity contribution in [3.8, 4) is 17.4 Å². The van der Waals surface area contributed by atoms with Gasteiger partial charge in [-0.3, -0.25) is 4.99 Å². The number of benzene rings is 1. The Kier molecular flexibility index (Phi) is 10.9. The van der Waals surface area contributed by atoms with Crippen LogP contribution in [0.1, 0.15) is 49.6 Å². The van der Waals surface area contributed by atoms with Crippen LogP contribution in [-0.2, 0) is 13.1 Å². The summed E-state index contributed by atoms with van der Waals surface area (Å²) in [6.07, 6.45) is 3.88. The van der Waals surface area contributed by atoms with Gasteiger partial charge in [0.15, 0.2) is 11.7 Å². The normalized spacial score (nSPS) is 11.1. The van der Waals surface area contributed by atoms with Crippen LogP contribution in [0.25, 0.3) is 0 Å². The van der Waals surface area contributed by atoms with Gasteiger partial charge in [0.25, 0.3) is 0 Å². The van der Waals surface area contributed by atoms with Gasteiger partial charge in [0, 0.05) is 37.8 Å². The number of halogens is 1. The fourth-order valence-corrected chi connectivity index (χ4v) is 3.23. The van der Waals surface area contributed by atoms with Crippen LogP contribution < -0.4 is 20.1 Å². The van der Waals surface area contributed by atoms with E-state index >= 15 is 0 Å². The van der Waals surface area contributed by atoms with E-state index in [-0.39, 0.29) is 24.0 Å². The quantitative estimate of drug-likeness (QED) is 0.197. The van der Waals surface area contributed by atoms with Gasteiger partial charge in [0.2, 0.25) is 5.88 Å². The van der Waals surface area contributed by atoms with Crippen LogP contribution in [0.2, 0.25) is 0 Å². The first-order valence-corrected chi connectivity index (χ1v) is 10.8. The summed E-state index contributed by atoms with van der Waals surface area (Å²) in [6, 6.07) is 13.2. The molecule has 0 atom stereocenters. The Bertz CT molecular complexity index is 986. The molecule has 0 aliphatic heterocycles. The second kappa shape index (κ2) is 13.7. The number of methoxy groups -OCH3 is 1. The smallest absolute Gasteiger partial charge is 0.219 e. The van der Waals surface area contributed by atoms with Crippen LogP contribution in [0.15, 0.2) is 58.2 Å². The molecule has 3 aromatic rings. The lowest BCUT2D eigenvalue weighted by atomic mass is 9.99. The molecule has 8 nitrogen and oxygen atoms in total. The molecule has 2 aromatic heterocycles. The molecule has 2 N–H and O–H groups in total. The van der Waals surface area contributed by atoms with E-state index in [1.807, 2.05) is 42.5 Å². The Labute approximate surface area is 212 Å². The SMILES string of the molecule is CCC(CC)c1cc(CNC(=NC)NCc2ccc(Oc3ccc(OC)cc3)nc2)on1.I. The lowest BCUT2D eigenvalue weighted by Gasteiger charge is -2.11. The van der Waals surface area contributed by atoms with Crippen LogP contribution in [0, 0.1) is 0 Å². The molecule has 0 aliphatic rings. The molecule has 1 aromatic carbocycles. The van der Waals surface area contributed by atoms with E-state index in [0.717, 1.165) is 35.6 Å². The summed E-state index contributed by atoms with van der Waals surface area (Å²) in [4.78, 5) is 8.63. The first-order chi connectivity index (χ1) is 15.6. The van der Waals surface area contributed by atoms with E-state index in [1.165, 1.54) is 0 Å². The molecular formula is C24H32IN5O3. The molecule has 33 heavy (non-hydrogen) atoms. The number of guanidine groups is 1. The number of aliphatic imine (C=N–C) groups is 1. The molecule has 0 aliphatic carbocycles. The van der Waals surface area contributed by atoms with E-state index in [1.54, 1.807) is 20.4 Å². The van der Waals surface area contributed by atoms with Crippen molar-refractivity contribution in [3.63, 3.8) is 0 Å². The van der Waals surface area contributed by atoms with Gasteiger partial charge in [0.1, 0.15) is 11.5 Å². The van der Waals surface area contributed by atoms with E-state index in [2.05, 4.69) is 39.6 Å². The van der Waals surface area contributed by atoms with E-state index in [4.69, 9.17) is 14.0 Å². The topological polar surface area (TPSA) is 93.8 Å². The van der Waals surface area contributed by atoms with Crippen LogP contribution in [-0.4, -0.2) is 30.3 Å². The molecule has 0 bridgehead atoms. The highest BCUT2D eigenvalue weighted by Crippen LogP contribution is 2.23. The Morgan fingerprint density at radius 1 is 1.03 bits per heavy atom. The predicted octanol–water partition coefficient (Wildman–Crippen LogP) is 5.26. The van der Waals surface area contributed by atoms with Gasteiger partial charge in [-0.25, -0.2) is 4.98 Å². The molecule has 0 radical (unpaired) electrons. The third-order valence-electron chi connectivity index (χ3n) is 5.17. The summed E-state index contributed by atoms with van der Waals surface area (Å²) in [7, 11) is 3.36. The zero-order valence-corrected chi connectivity index (χ0v) is 21.8. The molecule has 0 saturated heterocycles. The van der Waals surface area contributed by atoms with E-state index < -0.39 is 0 Å². The Morgan fingerprint density at radius 2 is 1.73 bits per heavy atom. The second-order valence-corrected chi connectivity index (χ2v) is 7.29. The van der Waals surface area contributed by atoms with Crippen molar-refractivity contribution in [2.45, 2.75) is 45.7 Å². The Morgan fingerprint density at radius 3 is 2.33 bits per heavy atom. The fourth-order valence-electron chi connectivity index (χ4n) is 3.23. The summed E-state index contributed by atoms with van der Waals surface area (Å²) in [5, 5.41) is 10.7. The number of hydrogen-bond donors (Lipinski definition) is 2. The fraction of sp³-hybridized carbons (Fsp3) is 0.375. The van der Waals surface area contributed by atoms with Crippen molar-refractivity contribution in [2.75, 3.05) is 14.2 Å². The van der Waals surface area contributed by atoms with Gasteiger partial charge >= 0.3 is 0 Å². The minimum absolute atomic E-state index is 0. The van der Waals surface area contributed by atoms with Crippen molar-refractivity contribution in [1.82, 2.24) is 20.8 Å². The van der Waals surface area contributed by atoms with Gasteiger partial charge < -0.3 is 24.6 Å². The van der Waals surface area contributed by atoms with Crippen LogP contribution in [0.3, 0.4) is 0 Å². The minimum Gasteiger partial charge on any atom is -0.497 e. The summed E-state index contributed by atoms with van der Waals surface area (Å²) in [5.41, 5.74) is 2.02. The molecule has 178 valence electrons. The highest BCUT2D eigenvalue weighted by molar-refractivity contribution is 14.0. The Hall–Kier alpha value is -2.82. The summed E-state index contributed by atoms with van der Waals surface area (Å²) < 4.78 is 16.4. The molecule has 2 heterocycles. The van der Waals surface area contributed by atoms with Gasteiger partial charge in [-0.15, -0.1) is 24.0 Å². The predicted molar refractivity (Wildman–Crippen MR) is 140 cm³/mol. The minimum atomic E-state index is 0. The van der Waals surface area contributed by atoms with Crippen LogP contribution in [0.4, 0.5) is 0 Å². The lowest BCUT2D eigenvalue weighted by Crippen LogP contribution is -2.36. The number of nitrogens with zero attached hydrogens (tertiary/aromatic N) is 3. The molecule has 0 spiro atoms. The summed E-state index contributed by atoms with van der Waals surface area (Å²) in [6.45, 7) is 5.42. The van der Waals surface area contributed by atoms with Crippen LogP contribution >= 0.6 is 24.0 Å². The number of hydrogen-bond acceptors (Lipinski definition) is 6. The third kappa shape index (κ3) is 7.92. The van der Waals surface area contributed by atoms with Crippen LogP contribution in [0.5, 0.6) is 17.4 Å². The van der Waals surface area contributed by atoms with Crippen molar-refractivity contribution >= 4 is 29.9 Å². The van der Waals surface area contributed by atoms with Crippen molar-refractivity contribution < 1.29 is 14.0 Å².